The van der Waals surface area contributed by atoms with Crippen molar-refractivity contribution in [3.05, 3.63) is 65.4 Å². The molecule has 1 amide bonds. The minimum absolute atomic E-state index is 0.221. The van der Waals surface area contributed by atoms with Gasteiger partial charge in [0.25, 0.3) is 5.91 Å². The summed E-state index contributed by atoms with van der Waals surface area (Å²) in [5.41, 5.74) is 2.76. The Hall–Kier alpha value is -3.82. The number of anilines is 2. The molecule has 0 aliphatic carbocycles. The molecular formula is C28H31ClN6O3. The van der Waals surface area contributed by atoms with Gasteiger partial charge in [0.1, 0.15) is 11.4 Å². The molecule has 1 aliphatic heterocycles. The number of amides is 1. The van der Waals surface area contributed by atoms with Gasteiger partial charge < -0.3 is 29.6 Å². The summed E-state index contributed by atoms with van der Waals surface area (Å²) < 4.78 is 13.7. The topological polar surface area (TPSA) is 93.5 Å². The summed E-state index contributed by atoms with van der Waals surface area (Å²) in [6, 6.07) is 15.0. The molecule has 1 aliphatic rings. The fraction of sp³-hybridized carbons (Fsp3) is 0.321. The molecule has 0 spiro atoms. The predicted molar refractivity (Wildman–Crippen MR) is 149 cm³/mol. The van der Waals surface area contributed by atoms with Gasteiger partial charge in [-0.05, 0) is 63.2 Å². The minimum Gasteiger partial charge on any atom is -0.493 e. The fourth-order valence-electron chi connectivity index (χ4n) is 4.73. The van der Waals surface area contributed by atoms with Crippen LogP contribution in [-0.2, 0) is 7.05 Å². The molecular weight excluding hydrogens is 504 g/mol. The molecule has 1 saturated heterocycles. The van der Waals surface area contributed by atoms with Crippen LogP contribution in [0.3, 0.4) is 0 Å². The van der Waals surface area contributed by atoms with Crippen LogP contribution in [0.2, 0.25) is 5.02 Å². The molecule has 0 bridgehead atoms. The first-order valence-corrected chi connectivity index (χ1v) is 13.0. The first-order valence-electron chi connectivity index (χ1n) is 12.6. The molecule has 1 atom stereocenters. The number of nitrogens with one attached hydrogen (secondary N) is 2. The second-order valence-corrected chi connectivity index (χ2v) is 9.85. The van der Waals surface area contributed by atoms with Crippen LogP contribution in [0, 0.1) is 0 Å². The normalized spacial score (nSPS) is 15.5. The number of aryl methyl sites for hydroxylation is 1. The lowest BCUT2D eigenvalue weighted by Crippen LogP contribution is -2.32. The largest absolute Gasteiger partial charge is 0.493 e. The van der Waals surface area contributed by atoms with Crippen molar-refractivity contribution in [2.24, 2.45) is 7.05 Å². The summed E-state index contributed by atoms with van der Waals surface area (Å²) in [6.45, 7) is 1.73. The van der Waals surface area contributed by atoms with E-state index in [4.69, 9.17) is 26.1 Å². The Kier molecular flexibility index (Phi) is 7.67. The number of benzene rings is 2. The van der Waals surface area contributed by atoms with Crippen molar-refractivity contribution in [1.82, 2.24) is 24.8 Å². The van der Waals surface area contributed by atoms with Crippen molar-refractivity contribution in [3.63, 3.8) is 0 Å². The Morgan fingerprint density at radius 2 is 1.95 bits per heavy atom. The number of hydrogen-bond donors (Lipinski definition) is 2. The first-order chi connectivity index (χ1) is 18.4. The van der Waals surface area contributed by atoms with Gasteiger partial charge in [0.2, 0.25) is 5.95 Å². The van der Waals surface area contributed by atoms with E-state index in [1.54, 1.807) is 25.4 Å². The van der Waals surface area contributed by atoms with Gasteiger partial charge >= 0.3 is 0 Å². The number of nitrogens with zero attached hydrogens (tertiary/aromatic N) is 4. The number of halogens is 1. The molecule has 38 heavy (non-hydrogen) atoms. The number of methoxy groups -OCH3 is 1. The van der Waals surface area contributed by atoms with Gasteiger partial charge in [-0.3, -0.25) is 9.78 Å². The number of imidazole rings is 1. The van der Waals surface area contributed by atoms with Crippen LogP contribution < -0.4 is 20.1 Å². The van der Waals surface area contributed by atoms with E-state index in [1.807, 2.05) is 48.0 Å². The molecule has 2 aromatic carbocycles. The van der Waals surface area contributed by atoms with E-state index >= 15 is 0 Å². The van der Waals surface area contributed by atoms with E-state index in [9.17, 15) is 4.79 Å². The Morgan fingerprint density at radius 3 is 2.68 bits per heavy atom. The first kappa shape index (κ1) is 25.8. The minimum atomic E-state index is -0.221. The number of carbonyl (C=O) groups excluding carboxylic acids is 1. The average molecular weight is 535 g/mol. The van der Waals surface area contributed by atoms with Crippen LogP contribution in [-0.4, -0.2) is 58.6 Å². The average Bonchev–Trinajstić information content (AvgIpc) is 3.46. The summed E-state index contributed by atoms with van der Waals surface area (Å²) in [5.74, 6) is 1.95. The molecule has 0 saturated carbocycles. The molecule has 5 rings (SSSR count). The highest BCUT2D eigenvalue weighted by molar-refractivity contribution is 6.30. The molecule has 2 aromatic heterocycles. The molecule has 2 N–H and O–H groups in total. The summed E-state index contributed by atoms with van der Waals surface area (Å²) in [5, 5.41) is 6.96. The summed E-state index contributed by atoms with van der Waals surface area (Å²) >= 11 is 6.00. The van der Waals surface area contributed by atoms with Crippen molar-refractivity contribution in [2.45, 2.75) is 25.3 Å². The summed E-state index contributed by atoms with van der Waals surface area (Å²) in [6.07, 6.45) is 4.88. The third-order valence-corrected chi connectivity index (χ3v) is 7.15. The van der Waals surface area contributed by atoms with Crippen LogP contribution in [0.15, 0.2) is 54.7 Å². The number of hydrogen-bond acceptors (Lipinski definition) is 7. The summed E-state index contributed by atoms with van der Waals surface area (Å²) in [4.78, 5) is 24.0. The van der Waals surface area contributed by atoms with E-state index in [-0.39, 0.29) is 5.91 Å². The Labute approximate surface area is 226 Å². The highest BCUT2D eigenvalue weighted by Crippen LogP contribution is 2.36. The number of ether oxygens (including phenoxy) is 2. The molecule has 3 heterocycles. The maximum Gasteiger partial charge on any atom is 0.270 e. The lowest BCUT2D eigenvalue weighted by Gasteiger charge is -2.19. The van der Waals surface area contributed by atoms with Gasteiger partial charge in [-0.1, -0.05) is 11.6 Å². The molecule has 1 unspecified atom stereocenters. The lowest BCUT2D eigenvalue weighted by molar-refractivity contribution is 0.0945. The Bertz CT molecular complexity index is 1440. The Morgan fingerprint density at radius 1 is 1.13 bits per heavy atom. The SMILES string of the molecule is COc1cc2c(cc1Oc1ccnc(C(=O)NCCC3CCCN3C)c1)nc(Nc1ccc(Cl)cc1)n2C. The highest BCUT2D eigenvalue weighted by Gasteiger charge is 2.21. The zero-order valence-electron chi connectivity index (χ0n) is 21.7. The lowest BCUT2D eigenvalue weighted by atomic mass is 10.1. The number of aromatic nitrogens is 3. The van der Waals surface area contributed by atoms with E-state index in [0.29, 0.717) is 46.5 Å². The van der Waals surface area contributed by atoms with Crippen LogP contribution >= 0.6 is 11.6 Å². The number of pyridine rings is 1. The van der Waals surface area contributed by atoms with Gasteiger partial charge in [-0.2, -0.15) is 0 Å². The van der Waals surface area contributed by atoms with Crippen LogP contribution in [0.4, 0.5) is 11.6 Å². The standard InChI is InChI=1S/C28H31ClN6O3/c1-34-14-4-5-20(34)10-12-31-27(36)23-15-21(11-13-30-23)38-26-16-22-24(17-25(26)37-3)35(2)28(33-22)32-19-8-6-18(29)7-9-19/h6-9,11,13,15-17,20H,4-5,10,12,14H2,1-3H3,(H,31,36)(H,32,33). The van der Waals surface area contributed by atoms with Crippen molar-refractivity contribution in [2.75, 3.05) is 32.6 Å². The Balaban J connectivity index is 1.31. The monoisotopic (exact) mass is 534 g/mol. The number of rotatable bonds is 9. The van der Waals surface area contributed by atoms with Gasteiger partial charge in [0.05, 0.1) is 18.1 Å². The maximum absolute atomic E-state index is 12.7. The smallest absolute Gasteiger partial charge is 0.270 e. The van der Waals surface area contributed by atoms with E-state index < -0.39 is 0 Å². The van der Waals surface area contributed by atoms with Crippen LogP contribution in [0.1, 0.15) is 29.8 Å². The number of carbonyl (C=O) groups is 1. The van der Waals surface area contributed by atoms with Crippen LogP contribution in [0.5, 0.6) is 17.2 Å². The third-order valence-electron chi connectivity index (χ3n) is 6.89. The van der Waals surface area contributed by atoms with Crippen LogP contribution in [0.25, 0.3) is 11.0 Å². The quantitative estimate of drug-likeness (QED) is 0.298. The number of fused-ring (bicyclic) bond motifs is 1. The number of likely N-dealkylation sites (tertiary alicyclic amines) is 1. The summed E-state index contributed by atoms with van der Waals surface area (Å²) in [7, 11) is 5.64. The van der Waals surface area contributed by atoms with Crippen molar-refractivity contribution >= 4 is 40.2 Å². The molecule has 1 fully saturated rings. The maximum atomic E-state index is 12.7. The van der Waals surface area contributed by atoms with Gasteiger partial charge in [-0.15, -0.1) is 0 Å². The zero-order chi connectivity index (χ0) is 26.6. The van der Waals surface area contributed by atoms with Crippen molar-refractivity contribution < 1.29 is 14.3 Å². The molecule has 9 nitrogen and oxygen atoms in total. The molecule has 198 valence electrons. The zero-order valence-corrected chi connectivity index (χ0v) is 22.5. The predicted octanol–water partition coefficient (Wildman–Crippen LogP) is 5.38. The van der Waals surface area contributed by atoms with Crippen molar-refractivity contribution in [3.8, 4) is 17.2 Å². The van der Waals surface area contributed by atoms with Gasteiger partial charge in [0.15, 0.2) is 11.5 Å². The second kappa shape index (κ2) is 11.3. The molecule has 0 radical (unpaired) electrons. The molecule has 4 aromatic rings. The van der Waals surface area contributed by atoms with E-state index in [1.165, 1.54) is 12.8 Å². The van der Waals surface area contributed by atoms with Crippen molar-refractivity contribution in [1.29, 1.82) is 0 Å². The second-order valence-electron chi connectivity index (χ2n) is 9.42. The van der Waals surface area contributed by atoms with Gasteiger partial charge in [0, 0.05) is 54.7 Å². The molecule has 10 heteroatoms. The third kappa shape index (κ3) is 5.69. The van der Waals surface area contributed by atoms with E-state index in [0.717, 1.165) is 29.7 Å². The van der Waals surface area contributed by atoms with Gasteiger partial charge in [-0.25, -0.2) is 4.98 Å². The fourth-order valence-corrected chi connectivity index (χ4v) is 4.85. The highest BCUT2D eigenvalue weighted by atomic mass is 35.5. The van der Waals surface area contributed by atoms with E-state index in [2.05, 4.69) is 27.6 Å².